The normalized spacial score (nSPS) is 10.8. The summed E-state index contributed by atoms with van der Waals surface area (Å²) in [7, 11) is 1.55. The fraction of sp³-hybridized carbons (Fsp3) is 0.118. The van der Waals surface area contributed by atoms with Crippen LogP contribution < -0.4 is 10.4 Å². The number of fused-ring (bicyclic) bond motifs is 1. The van der Waals surface area contributed by atoms with E-state index >= 15 is 0 Å². The fourth-order valence-electron chi connectivity index (χ4n) is 2.32. The first kappa shape index (κ1) is 16.1. The smallest absolute Gasteiger partial charge is 0.350 e. The van der Waals surface area contributed by atoms with Crippen LogP contribution in [0.5, 0.6) is 5.75 Å². The lowest BCUT2D eigenvalue weighted by atomic mass is 10.1. The second kappa shape index (κ2) is 6.37. The van der Waals surface area contributed by atoms with E-state index in [0.29, 0.717) is 16.2 Å². The lowest BCUT2D eigenvalue weighted by Crippen LogP contribution is -2.05. The van der Waals surface area contributed by atoms with Gasteiger partial charge in [0.25, 0.3) is 5.69 Å². The van der Waals surface area contributed by atoms with E-state index in [0.717, 1.165) is 15.8 Å². The zero-order valence-electron chi connectivity index (χ0n) is 12.9. The molecule has 0 saturated carbocycles. The third-order valence-corrected chi connectivity index (χ3v) is 4.77. The highest BCUT2D eigenvalue weighted by molar-refractivity contribution is 7.99. The average molecular weight is 343 g/mol. The Hall–Kier alpha value is -2.80. The Morgan fingerprint density at radius 3 is 2.50 bits per heavy atom. The molecule has 0 spiro atoms. The minimum atomic E-state index is -0.461. The minimum absolute atomic E-state index is 0.00807. The lowest BCUT2D eigenvalue weighted by molar-refractivity contribution is -0.384. The van der Waals surface area contributed by atoms with Gasteiger partial charge in [0.15, 0.2) is 0 Å². The number of rotatable bonds is 4. The number of ether oxygens (including phenoxy) is 1. The van der Waals surface area contributed by atoms with E-state index in [1.165, 1.54) is 23.9 Å². The third kappa shape index (κ3) is 2.98. The van der Waals surface area contributed by atoms with E-state index in [1.54, 1.807) is 31.4 Å². The van der Waals surface area contributed by atoms with Crippen molar-refractivity contribution in [3.63, 3.8) is 0 Å². The van der Waals surface area contributed by atoms with Gasteiger partial charge in [-0.3, -0.25) is 10.1 Å². The summed E-state index contributed by atoms with van der Waals surface area (Å²) < 4.78 is 10.5. The molecular formula is C17H13NO5S. The van der Waals surface area contributed by atoms with Crippen molar-refractivity contribution in [2.24, 2.45) is 0 Å². The molecule has 0 aliphatic heterocycles. The Balaban J connectivity index is 2.03. The molecule has 7 heteroatoms. The quantitative estimate of drug-likeness (QED) is 0.402. The Morgan fingerprint density at radius 1 is 1.17 bits per heavy atom. The molecule has 0 aliphatic rings. The zero-order chi connectivity index (χ0) is 17.3. The Bertz CT molecular complexity index is 979. The summed E-state index contributed by atoms with van der Waals surface area (Å²) in [5.74, 6) is 0.612. The molecule has 0 amide bonds. The van der Waals surface area contributed by atoms with Gasteiger partial charge in [-0.25, -0.2) is 4.79 Å². The second-order valence-corrected chi connectivity index (χ2v) is 6.14. The summed E-state index contributed by atoms with van der Waals surface area (Å²) in [5.41, 5.74) is 0.822. The van der Waals surface area contributed by atoms with E-state index in [9.17, 15) is 14.9 Å². The number of methoxy groups -OCH3 is 1. The van der Waals surface area contributed by atoms with Crippen LogP contribution in [0.3, 0.4) is 0 Å². The number of non-ortho nitro benzene ring substituents is 1. The SMILES string of the molecule is COc1ccc2c(C)c(Sc3ccc([N+](=O)[O-])cc3)c(=O)oc2c1. The molecule has 0 N–H and O–H groups in total. The molecular weight excluding hydrogens is 330 g/mol. The highest BCUT2D eigenvalue weighted by atomic mass is 32.2. The third-order valence-electron chi connectivity index (χ3n) is 3.59. The maximum absolute atomic E-state index is 12.3. The van der Waals surface area contributed by atoms with Crippen LogP contribution in [0.15, 0.2) is 61.5 Å². The van der Waals surface area contributed by atoms with Crippen LogP contribution in [-0.2, 0) is 0 Å². The van der Waals surface area contributed by atoms with Crippen molar-refractivity contribution in [2.75, 3.05) is 7.11 Å². The number of nitro groups is 1. The number of nitro benzene ring substituents is 1. The summed E-state index contributed by atoms with van der Waals surface area (Å²) in [4.78, 5) is 23.7. The molecule has 24 heavy (non-hydrogen) atoms. The number of aryl methyl sites for hydroxylation is 1. The molecule has 0 bridgehead atoms. The fourth-order valence-corrected chi connectivity index (χ4v) is 3.21. The number of benzene rings is 2. The van der Waals surface area contributed by atoms with Crippen LogP contribution in [0.25, 0.3) is 11.0 Å². The summed E-state index contributed by atoms with van der Waals surface area (Å²) in [6.45, 7) is 1.85. The zero-order valence-corrected chi connectivity index (χ0v) is 13.8. The van der Waals surface area contributed by atoms with Gasteiger partial charge in [0.05, 0.1) is 12.0 Å². The van der Waals surface area contributed by atoms with Crippen LogP contribution in [0.4, 0.5) is 5.69 Å². The number of hydrogen-bond acceptors (Lipinski definition) is 6. The van der Waals surface area contributed by atoms with Crippen molar-refractivity contribution >= 4 is 28.4 Å². The summed E-state index contributed by atoms with van der Waals surface area (Å²) >= 11 is 1.23. The molecule has 1 heterocycles. The van der Waals surface area contributed by atoms with Gasteiger partial charge in [-0.15, -0.1) is 0 Å². The summed E-state index contributed by atoms with van der Waals surface area (Å²) in [5, 5.41) is 11.5. The van der Waals surface area contributed by atoms with Crippen molar-refractivity contribution < 1.29 is 14.1 Å². The summed E-state index contributed by atoms with van der Waals surface area (Å²) in [6, 6.07) is 11.3. The van der Waals surface area contributed by atoms with Crippen LogP contribution in [0.2, 0.25) is 0 Å². The van der Waals surface area contributed by atoms with Gasteiger partial charge in [-0.05, 0) is 36.8 Å². The Morgan fingerprint density at radius 2 is 1.88 bits per heavy atom. The van der Waals surface area contributed by atoms with Crippen molar-refractivity contribution in [2.45, 2.75) is 16.7 Å². The average Bonchev–Trinajstić information content (AvgIpc) is 2.58. The molecule has 3 rings (SSSR count). The van der Waals surface area contributed by atoms with Gasteiger partial charge >= 0.3 is 5.63 Å². The van der Waals surface area contributed by atoms with E-state index in [1.807, 2.05) is 13.0 Å². The maximum atomic E-state index is 12.3. The molecule has 0 saturated heterocycles. The highest BCUT2D eigenvalue weighted by Gasteiger charge is 2.14. The monoisotopic (exact) mass is 343 g/mol. The van der Waals surface area contributed by atoms with E-state index in [4.69, 9.17) is 9.15 Å². The van der Waals surface area contributed by atoms with Gasteiger partial charge in [-0.1, -0.05) is 11.8 Å². The second-order valence-electron chi connectivity index (χ2n) is 5.06. The molecule has 6 nitrogen and oxygen atoms in total. The van der Waals surface area contributed by atoms with Crippen LogP contribution in [-0.4, -0.2) is 12.0 Å². The van der Waals surface area contributed by atoms with Crippen molar-refractivity contribution in [3.8, 4) is 5.75 Å². The molecule has 0 atom stereocenters. The molecule has 0 radical (unpaired) electrons. The number of hydrogen-bond donors (Lipinski definition) is 0. The highest BCUT2D eigenvalue weighted by Crippen LogP contribution is 2.33. The topological polar surface area (TPSA) is 82.6 Å². The Labute approximate surface area is 141 Å². The Kier molecular flexibility index (Phi) is 4.26. The standard InChI is InChI=1S/C17H13NO5S/c1-10-14-8-5-12(22-2)9-15(14)23-17(19)16(10)24-13-6-3-11(4-7-13)18(20)21/h3-9H,1-2H3. The van der Waals surface area contributed by atoms with Gasteiger partial charge < -0.3 is 9.15 Å². The summed E-state index contributed by atoms with van der Waals surface area (Å²) in [6.07, 6.45) is 0. The van der Waals surface area contributed by atoms with Gasteiger partial charge in [-0.2, -0.15) is 0 Å². The molecule has 3 aromatic rings. The first-order valence-corrected chi connectivity index (χ1v) is 7.85. The minimum Gasteiger partial charge on any atom is -0.497 e. The van der Waals surface area contributed by atoms with E-state index in [-0.39, 0.29) is 5.69 Å². The predicted octanol–water partition coefficient (Wildman–Crippen LogP) is 4.17. The first-order valence-electron chi connectivity index (χ1n) is 7.03. The maximum Gasteiger partial charge on any atom is 0.350 e. The lowest BCUT2D eigenvalue weighted by Gasteiger charge is -2.08. The number of nitrogens with zero attached hydrogens (tertiary/aromatic N) is 1. The van der Waals surface area contributed by atoms with Gasteiger partial charge in [0.2, 0.25) is 0 Å². The van der Waals surface area contributed by atoms with Crippen LogP contribution in [0, 0.1) is 17.0 Å². The molecule has 2 aromatic carbocycles. The van der Waals surface area contributed by atoms with Gasteiger partial charge in [0.1, 0.15) is 16.2 Å². The van der Waals surface area contributed by atoms with Crippen molar-refractivity contribution in [3.05, 3.63) is 68.6 Å². The molecule has 122 valence electrons. The van der Waals surface area contributed by atoms with E-state index < -0.39 is 10.5 Å². The molecule has 0 aliphatic carbocycles. The van der Waals surface area contributed by atoms with Crippen LogP contribution >= 0.6 is 11.8 Å². The van der Waals surface area contributed by atoms with E-state index in [2.05, 4.69) is 0 Å². The van der Waals surface area contributed by atoms with Crippen molar-refractivity contribution in [1.82, 2.24) is 0 Å². The predicted molar refractivity (Wildman–Crippen MR) is 91.0 cm³/mol. The largest absolute Gasteiger partial charge is 0.497 e. The molecule has 0 fully saturated rings. The van der Waals surface area contributed by atoms with Crippen molar-refractivity contribution in [1.29, 1.82) is 0 Å². The molecule has 1 aromatic heterocycles. The van der Waals surface area contributed by atoms with Crippen LogP contribution in [0.1, 0.15) is 5.56 Å². The van der Waals surface area contributed by atoms with Gasteiger partial charge in [0, 0.05) is 28.5 Å². The first-order chi connectivity index (χ1) is 11.5. The molecule has 0 unspecified atom stereocenters.